The molecule has 0 amide bonds. The van der Waals surface area contributed by atoms with E-state index in [2.05, 4.69) is 29.1 Å². The van der Waals surface area contributed by atoms with Crippen molar-refractivity contribution in [2.24, 2.45) is 0 Å². The van der Waals surface area contributed by atoms with Crippen molar-refractivity contribution in [2.45, 2.75) is 37.5 Å². The molecule has 2 aliphatic rings. The van der Waals surface area contributed by atoms with Crippen LogP contribution in [0.15, 0.2) is 6.07 Å². The number of likely N-dealkylation sites (tertiary alicyclic amines) is 1. The summed E-state index contributed by atoms with van der Waals surface area (Å²) in [5.74, 6) is 1.26. The van der Waals surface area contributed by atoms with E-state index in [1.54, 1.807) is 0 Å². The first-order valence-electron chi connectivity index (χ1n) is 6.59. The maximum Gasteiger partial charge on any atom is 0.149 e. The van der Waals surface area contributed by atoms with E-state index in [0.29, 0.717) is 5.92 Å². The van der Waals surface area contributed by atoms with Crippen LogP contribution in [0.4, 0.5) is 0 Å². The Hall–Kier alpha value is -1.47. The normalized spacial score (nSPS) is 25.9. The molecule has 0 aromatic carbocycles. The summed E-state index contributed by atoms with van der Waals surface area (Å²) in [6.07, 6.45) is 2.99. The molecule has 2 heterocycles. The molecule has 1 saturated carbocycles. The maximum absolute atomic E-state index is 9.26. The van der Waals surface area contributed by atoms with E-state index in [1.165, 1.54) is 0 Å². The molecule has 1 saturated heterocycles. The van der Waals surface area contributed by atoms with Crippen LogP contribution in [-0.2, 0) is 5.41 Å². The third kappa shape index (κ3) is 1.89. The highest BCUT2D eigenvalue weighted by Gasteiger charge is 2.48. The zero-order valence-corrected chi connectivity index (χ0v) is 11.0. The Morgan fingerprint density at radius 3 is 2.78 bits per heavy atom. The molecule has 0 N–H and O–H groups in total. The second kappa shape index (κ2) is 4.03. The van der Waals surface area contributed by atoms with Gasteiger partial charge in [-0.3, -0.25) is 0 Å². The van der Waals surface area contributed by atoms with Crippen LogP contribution in [0.25, 0.3) is 0 Å². The van der Waals surface area contributed by atoms with E-state index in [0.717, 1.165) is 49.6 Å². The van der Waals surface area contributed by atoms with E-state index < -0.39 is 0 Å². The van der Waals surface area contributed by atoms with Crippen molar-refractivity contribution in [1.82, 2.24) is 14.9 Å². The summed E-state index contributed by atoms with van der Waals surface area (Å²) in [5, 5.41) is 9.26. The third-order valence-corrected chi connectivity index (χ3v) is 4.08. The Balaban J connectivity index is 1.94. The molecule has 2 fully saturated rings. The number of aryl methyl sites for hydroxylation is 1. The minimum absolute atomic E-state index is 0.370. The van der Waals surface area contributed by atoms with Crippen molar-refractivity contribution in [1.29, 1.82) is 5.26 Å². The van der Waals surface area contributed by atoms with E-state index in [1.807, 2.05) is 6.92 Å². The summed E-state index contributed by atoms with van der Waals surface area (Å²) >= 11 is 0. The van der Waals surface area contributed by atoms with Gasteiger partial charge in [0.05, 0.1) is 6.07 Å². The highest BCUT2D eigenvalue weighted by atomic mass is 15.1. The predicted octanol–water partition coefficient (Wildman–Crippen LogP) is 1.76. The number of nitrogens with zero attached hydrogens (tertiary/aromatic N) is 4. The molecule has 94 valence electrons. The Morgan fingerprint density at radius 2 is 2.22 bits per heavy atom. The number of hydrogen-bond donors (Lipinski definition) is 0. The Labute approximate surface area is 108 Å². The van der Waals surface area contributed by atoms with Crippen molar-refractivity contribution in [2.75, 3.05) is 20.1 Å². The molecular weight excluding hydrogens is 224 g/mol. The Kier molecular flexibility index (Phi) is 2.60. The zero-order valence-electron chi connectivity index (χ0n) is 11.0. The maximum atomic E-state index is 9.26. The standard InChI is InChI=1S/C14H18N4/c1-10-7-12(11-3-6-18(2)8-11)17-13(16-10)14(9-15)4-5-14/h7,11H,3-6,8H2,1-2H3. The molecule has 0 spiro atoms. The van der Waals surface area contributed by atoms with Gasteiger partial charge < -0.3 is 4.90 Å². The summed E-state index contributed by atoms with van der Waals surface area (Å²) in [4.78, 5) is 11.5. The van der Waals surface area contributed by atoms with Crippen LogP contribution in [0, 0.1) is 18.3 Å². The molecule has 3 rings (SSSR count). The first kappa shape index (κ1) is 11.6. The van der Waals surface area contributed by atoms with Gasteiger partial charge in [0, 0.05) is 23.9 Å². The first-order chi connectivity index (χ1) is 8.63. The lowest BCUT2D eigenvalue weighted by Gasteiger charge is -2.13. The molecule has 0 bridgehead atoms. The second-order valence-electron chi connectivity index (χ2n) is 5.70. The number of nitriles is 1. The van der Waals surface area contributed by atoms with Crippen LogP contribution in [0.3, 0.4) is 0 Å². The third-order valence-electron chi connectivity index (χ3n) is 4.08. The number of hydrogen-bond acceptors (Lipinski definition) is 4. The quantitative estimate of drug-likeness (QED) is 0.793. The molecule has 1 aliphatic carbocycles. The lowest BCUT2D eigenvalue weighted by Crippen LogP contribution is -2.16. The lowest BCUT2D eigenvalue weighted by atomic mass is 10.0. The number of rotatable bonds is 2. The topological polar surface area (TPSA) is 52.8 Å². The van der Waals surface area contributed by atoms with Gasteiger partial charge in [-0.2, -0.15) is 5.26 Å². The van der Waals surface area contributed by atoms with E-state index in [9.17, 15) is 5.26 Å². The van der Waals surface area contributed by atoms with Crippen molar-refractivity contribution >= 4 is 0 Å². The highest BCUT2D eigenvalue weighted by molar-refractivity contribution is 5.31. The summed E-state index contributed by atoms with van der Waals surface area (Å²) in [5.41, 5.74) is 1.75. The molecule has 4 nitrogen and oxygen atoms in total. The molecule has 1 aromatic rings. The molecular formula is C14H18N4. The zero-order chi connectivity index (χ0) is 12.8. The van der Waals surface area contributed by atoms with Gasteiger partial charge in [0.25, 0.3) is 0 Å². The average molecular weight is 242 g/mol. The smallest absolute Gasteiger partial charge is 0.149 e. The minimum atomic E-state index is -0.370. The Morgan fingerprint density at radius 1 is 1.44 bits per heavy atom. The molecule has 1 atom stereocenters. The second-order valence-corrected chi connectivity index (χ2v) is 5.70. The molecule has 1 unspecified atom stereocenters. The number of likely N-dealkylation sites (N-methyl/N-ethyl adjacent to an activating group) is 1. The minimum Gasteiger partial charge on any atom is -0.306 e. The average Bonchev–Trinajstić information content (AvgIpc) is 3.05. The van der Waals surface area contributed by atoms with Gasteiger partial charge in [-0.25, -0.2) is 9.97 Å². The summed E-state index contributed by atoms with van der Waals surface area (Å²) in [6, 6.07) is 4.47. The predicted molar refractivity (Wildman–Crippen MR) is 68.1 cm³/mol. The van der Waals surface area contributed by atoms with Crippen LogP contribution in [0.5, 0.6) is 0 Å². The van der Waals surface area contributed by atoms with Gasteiger partial charge >= 0.3 is 0 Å². The summed E-state index contributed by atoms with van der Waals surface area (Å²) in [7, 11) is 2.15. The summed E-state index contributed by atoms with van der Waals surface area (Å²) in [6.45, 7) is 4.20. The fourth-order valence-corrected chi connectivity index (χ4v) is 2.70. The first-order valence-corrected chi connectivity index (χ1v) is 6.59. The largest absolute Gasteiger partial charge is 0.306 e. The fraction of sp³-hybridized carbons (Fsp3) is 0.643. The van der Waals surface area contributed by atoms with E-state index in [4.69, 9.17) is 4.98 Å². The monoisotopic (exact) mass is 242 g/mol. The Bertz CT molecular complexity index is 513. The molecule has 1 aromatic heterocycles. The van der Waals surface area contributed by atoms with Gasteiger partial charge in [-0.05, 0) is 45.8 Å². The van der Waals surface area contributed by atoms with Gasteiger partial charge in [0.1, 0.15) is 11.2 Å². The van der Waals surface area contributed by atoms with Gasteiger partial charge in [0.15, 0.2) is 0 Å². The molecule has 4 heteroatoms. The highest BCUT2D eigenvalue weighted by Crippen LogP contribution is 2.46. The van der Waals surface area contributed by atoms with Crippen LogP contribution < -0.4 is 0 Å². The van der Waals surface area contributed by atoms with E-state index in [-0.39, 0.29) is 5.41 Å². The van der Waals surface area contributed by atoms with Crippen LogP contribution in [-0.4, -0.2) is 35.0 Å². The molecule has 1 aliphatic heterocycles. The van der Waals surface area contributed by atoms with Crippen LogP contribution in [0.1, 0.15) is 42.4 Å². The summed E-state index contributed by atoms with van der Waals surface area (Å²) < 4.78 is 0. The lowest BCUT2D eigenvalue weighted by molar-refractivity contribution is 0.410. The van der Waals surface area contributed by atoms with Gasteiger partial charge in [-0.1, -0.05) is 0 Å². The van der Waals surface area contributed by atoms with Crippen LogP contribution >= 0.6 is 0 Å². The molecule has 0 radical (unpaired) electrons. The van der Waals surface area contributed by atoms with Crippen molar-refractivity contribution in [3.8, 4) is 6.07 Å². The number of aromatic nitrogens is 2. The molecule has 18 heavy (non-hydrogen) atoms. The van der Waals surface area contributed by atoms with Gasteiger partial charge in [-0.15, -0.1) is 0 Å². The fourth-order valence-electron chi connectivity index (χ4n) is 2.70. The van der Waals surface area contributed by atoms with Crippen molar-refractivity contribution in [3.63, 3.8) is 0 Å². The SMILES string of the molecule is Cc1cc(C2CCN(C)C2)nc(C2(C#N)CC2)n1. The van der Waals surface area contributed by atoms with Gasteiger partial charge in [0.2, 0.25) is 0 Å². The van der Waals surface area contributed by atoms with E-state index >= 15 is 0 Å². The van der Waals surface area contributed by atoms with Crippen molar-refractivity contribution < 1.29 is 0 Å². The van der Waals surface area contributed by atoms with Crippen LogP contribution in [0.2, 0.25) is 0 Å². The van der Waals surface area contributed by atoms with Crippen molar-refractivity contribution in [3.05, 3.63) is 23.3 Å².